The zero-order valence-electron chi connectivity index (χ0n) is 19.2. The molecule has 34 heavy (non-hydrogen) atoms. The summed E-state index contributed by atoms with van der Waals surface area (Å²) >= 11 is 6.77. The van der Waals surface area contributed by atoms with E-state index in [9.17, 15) is 9.59 Å². The number of aromatic nitrogens is 2. The van der Waals surface area contributed by atoms with E-state index < -0.39 is 0 Å². The first-order valence-corrected chi connectivity index (χ1v) is 12.7. The molecule has 2 aromatic heterocycles. The van der Waals surface area contributed by atoms with Crippen LogP contribution in [0.4, 0.5) is 5.82 Å². The molecule has 0 unspecified atom stereocenters. The average molecular weight is 491 g/mol. The fraction of sp³-hybridized carbons (Fsp3) is 0.308. The highest BCUT2D eigenvalue weighted by Crippen LogP contribution is 2.35. The summed E-state index contributed by atoms with van der Waals surface area (Å²) in [6.45, 7) is 6.30. The van der Waals surface area contributed by atoms with Crippen LogP contribution in [0.25, 0.3) is 11.7 Å². The van der Waals surface area contributed by atoms with Crippen LogP contribution in [0.3, 0.4) is 0 Å². The highest BCUT2D eigenvalue weighted by molar-refractivity contribution is 8.26. The number of carbonyl (C=O) groups excluding carboxylic acids is 1. The zero-order chi connectivity index (χ0) is 23.8. The summed E-state index contributed by atoms with van der Waals surface area (Å²) in [5.41, 5.74) is 2.86. The largest absolute Gasteiger partial charge is 0.356 e. The van der Waals surface area contributed by atoms with Crippen LogP contribution in [-0.2, 0) is 11.3 Å². The number of thiocarbonyl (C=S) groups is 1. The van der Waals surface area contributed by atoms with Gasteiger partial charge in [-0.1, -0.05) is 67.3 Å². The van der Waals surface area contributed by atoms with Crippen LogP contribution in [-0.4, -0.2) is 37.6 Å². The van der Waals surface area contributed by atoms with Gasteiger partial charge < -0.3 is 4.90 Å². The van der Waals surface area contributed by atoms with E-state index >= 15 is 0 Å². The van der Waals surface area contributed by atoms with Crippen LogP contribution < -0.4 is 10.5 Å². The van der Waals surface area contributed by atoms with Gasteiger partial charge in [0.1, 0.15) is 15.8 Å². The van der Waals surface area contributed by atoms with Crippen molar-refractivity contribution in [3.05, 3.63) is 80.6 Å². The van der Waals surface area contributed by atoms with E-state index in [2.05, 4.69) is 11.8 Å². The van der Waals surface area contributed by atoms with Crippen molar-refractivity contribution in [1.82, 2.24) is 14.3 Å². The number of fused-ring (bicyclic) bond motifs is 1. The first kappa shape index (κ1) is 22.8. The van der Waals surface area contributed by atoms with Gasteiger partial charge in [-0.05, 0) is 49.0 Å². The monoisotopic (exact) mass is 490 g/mol. The van der Waals surface area contributed by atoms with Crippen LogP contribution >= 0.6 is 24.0 Å². The summed E-state index contributed by atoms with van der Waals surface area (Å²) < 4.78 is 2.07. The average Bonchev–Trinajstić information content (AvgIpc) is 3.10. The number of carbonyl (C=O) groups is 1. The molecule has 4 heterocycles. The van der Waals surface area contributed by atoms with E-state index in [0.717, 1.165) is 37.1 Å². The Morgan fingerprint density at radius 3 is 2.59 bits per heavy atom. The van der Waals surface area contributed by atoms with Gasteiger partial charge in [0.2, 0.25) is 0 Å². The molecule has 0 bridgehead atoms. The third-order valence-corrected chi connectivity index (χ3v) is 7.86. The molecular weight excluding hydrogens is 464 g/mol. The normalized spacial score (nSPS) is 18.5. The highest BCUT2D eigenvalue weighted by Gasteiger charge is 2.33. The number of aryl methyl sites for hydroxylation is 1. The standard InChI is InChI=1S/C26H26N4O2S2/c1-17-10-13-28(14-11-17)23-20(24(31)29-12-6-7-18(2)22(29)27-23)15-21-25(32)30(26(33)34-21)16-19-8-4-3-5-9-19/h3-9,12,15,17H,10-11,13-14,16H2,1-2H3. The molecule has 0 atom stereocenters. The Morgan fingerprint density at radius 2 is 1.85 bits per heavy atom. The Hall–Kier alpha value is -2.97. The second kappa shape index (κ2) is 9.35. The molecule has 2 aliphatic heterocycles. The SMILES string of the molecule is Cc1cccn2c(=O)c(C=C3SC(=S)N(Cc4ccccc4)C3=O)c(N3CCC(C)CC3)nc12. The van der Waals surface area contributed by atoms with Crippen molar-refractivity contribution >= 4 is 51.7 Å². The first-order chi connectivity index (χ1) is 16.4. The molecule has 6 nitrogen and oxygen atoms in total. The summed E-state index contributed by atoms with van der Waals surface area (Å²) in [4.78, 5) is 36.1. The summed E-state index contributed by atoms with van der Waals surface area (Å²) in [6, 6.07) is 13.6. The lowest BCUT2D eigenvalue weighted by atomic mass is 9.99. The minimum Gasteiger partial charge on any atom is -0.356 e. The summed E-state index contributed by atoms with van der Waals surface area (Å²) in [7, 11) is 0. The molecular formula is C26H26N4O2S2. The zero-order valence-corrected chi connectivity index (χ0v) is 20.9. The molecule has 0 radical (unpaired) electrons. The maximum atomic E-state index is 13.6. The van der Waals surface area contributed by atoms with Crippen molar-refractivity contribution in [3.63, 3.8) is 0 Å². The maximum absolute atomic E-state index is 13.6. The Morgan fingerprint density at radius 1 is 1.12 bits per heavy atom. The van der Waals surface area contributed by atoms with Crippen molar-refractivity contribution < 1.29 is 4.79 Å². The molecule has 8 heteroatoms. The molecule has 0 aliphatic carbocycles. The highest BCUT2D eigenvalue weighted by atomic mass is 32.2. The lowest BCUT2D eigenvalue weighted by molar-refractivity contribution is -0.122. The number of piperidine rings is 1. The molecule has 0 saturated carbocycles. The van der Waals surface area contributed by atoms with E-state index in [1.807, 2.05) is 49.4 Å². The lowest BCUT2D eigenvalue weighted by Gasteiger charge is -2.32. The van der Waals surface area contributed by atoms with Gasteiger partial charge in [-0.15, -0.1) is 0 Å². The van der Waals surface area contributed by atoms with Gasteiger partial charge in [-0.25, -0.2) is 4.98 Å². The van der Waals surface area contributed by atoms with E-state index in [-0.39, 0.29) is 11.5 Å². The molecule has 5 rings (SSSR count). The number of thioether (sulfide) groups is 1. The Kier molecular flexibility index (Phi) is 6.27. The van der Waals surface area contributed by atoms with Crippen LogP contribution in [0.1, 0.15) is 36.5 Å². The molecule has 0 N–H and O–H groups in total. The van der Waals surface area contributed by atoms with Gasteiger partial charge in [-0.2, -0.15) is 0 Å². The van der Waals surface area contributed by atoms with Gasteiger partial charge in [0.15, 0.2) is 0 Å². The van der Waals surface area contributed by atoms with Crippen molar-refractivity contribution in [1.29, 1.82) is 0 Å². The molecule has 174 valence electrons. The van der Waals surface area contributed by atoms with Crippen molar-refractivity contribution in [2.24, 2.45) is 5.92 Å². The smallest absolute Gasteiger partial charge is 0.267 e. The van der Waals surface area contributed by atoms with Gasteiger partial charge >= 0.3 is 0 Å². The Labute approximate surface area is 208 Å². The van der Waals surface area contributed by atoms with E-state index in [1.54, 1.807) is 21.6 Å². The number of amides is 1. The number of nitrogens with zero attached hydrogens (tertiary/aromatic N) is 4. The predicted octanol–water partition coefficient (Wildman–Crippen LogP) is 4.64. The molecule has 3 aromatic rings. The van der Waals surface area contributed by atoms with E-state index in [0.29, 0.717) is 38.7 Å². The fourth-order valence-electron chi connectivity index (χ4n) is 4.42. The fourth-order valence-corrected chi connectivity index (χ4v) is 5.66. The number of pyridine rings is 1. The number of benzene rings is 1. The van der Waals surface area contributed by atoms with E-state index in [4.69, 9.17) is 17.2 Å². The Balaban J connectivity index is 1.58. The minimum absolute atomic E-state index is 0.171. The van der Waals surface area contributed by atoms with Crippen molar-refractivity contribution in [2.75, 3.05) is 18.0 Å². The molecule has 2 aliphatic rings. The third kappa shape index (κ3) is 4.28. The summed E-state index contributed by atoms with van der Waals surface area (Å²) in [5.74, 6) is 1.13. The van der Waals surface area contributed by atoms with E-state index in [1.165, 1.54) is 11.8 Å². The summed E-state index contributed by atoms with van der Waals surface area (Å²) in [5, 5.41) is 0. The molecule has 2 saturated heterocycles. The lowest BCUT2D eigenvalue weighted by Crippen LogP contribution is -2.36. The molecule has 1 aromatic carbocycles. The molecule has 1 amide bonds. The molecule has 2 fully saturated rings. The Bertz CT molecular complexity index is 1360. The minimum atomic E-state index is -0.175. The van der Waals surface area contributed by atoms with Gasteiger partial charge in [0.25, 0.3) is 11.5 Å². The number of rotatable bonds is 4. The molecule has 0 spiro atoms. The van der Waals surface area contributed by atoms with Crippen LogP contribution in [0.15, 0.2) is 58.4 Å². The number of anilines is 1. The van der Waals surface area contributed by atoms with Gasteiger partial charge in [-0.3, -0.25) is 18.9 Å². The summed E-state index contributed by atoms with van der Waals surface area (Å²) in [6.07, 6.45) is 5.53. The van der Waals surface area contributed by atoms with Gasteiger partial charge in [0.05, 0.1) is 17.0 Å². The first-order valence-electron chi connectivity index (χ1n) is 11.5. The topological polar surface area (TPSA) is 57.9 Å². The maximum Gasteiger partial charge on any atom is 0.267 e. The van der Waals surface area contributed by atoms with Gasteiger partial charge in [0, 0.05) is 19.3 Å². The predicted molar refractivity (Wildman–Crippen MR) is 142 cm³/mol. The third-order valence-electron chi connectivity index (χ3n) is 6.48. The second-order valence-corrected chi connectivity index (χ2v) is 10.6. The quantitative estimate of drug-likeness (QED) is 0.392. The van der Waals surface area contributed by atoms with Crippen LogP contribution in [0.2, 0.25) is 0 Å². The van der Waals surface area contributed by atoms with Crippen molar-refractivity contribution in [3.8, 4) is 0 Å². The van der Waals surface area contributed by atoms with Crippen LogP contribution in [0.5, 0.6) is 0 Å². The van der Waals surface area contributed by atoms with Crippen molar-refractivity contribution in [2.45, 2.75) is 33.2 Å². The number of hydrogen-bond donors (Lipinski definition) is 0. The number of hydrogen-bond acceptors (Lipinski definition) is 6. The van der Waals surface area contributed by atoms with Crippen LogP contribution in [0, 0.1) is 12.8 Å². The second-order valence-electron chi connectivity index (χ2n) is 8.96.